The maximum atomic E-state index is 13.2. The summed E-state index contributed by atoms with van der Waals surface area (Å²) in [7, 11) is 1.63. The monoisotopic (exact) mass is 533 g/mol. The molecule has 0 bridgehead atoms. The lowest BCUT2D eigenvalue weighted by Gasteiger charge is -2.36. The molecular weight excluding hydrogens is 506 g/mol. The Morgan fingerprint density at radius 2 is 1.58 bits per heavy atom. The molecule has 1 atom stereocenters. The Kier molecular flexibility index (Phi) is 7.41. The van der Waals surface area contributed by atoms with E-state index in [4.69, 9.17) is 16.3 Å². The molecule has 1 aromatic carbocycles. The van der Waals surface area contributed by atoms with Crippen molar-refractivity contribution in [2.24, 2.45) is 0 Å². The summed E-state index contributed by atoms with van der Waals surface area (Å²) < 4.78 is 7.83. The number of aromatic nitrogens is 5. The lowest BCUT2D eigenvalue weighted by atomic mass is 10.0. The fourth-order valence-electron chi connectivity index (χ4n) is 4.54. The van der Waals surface area contributed by atoms with Crippen molar-refractivity contribution in [3.63, 3.8) is 0 Å². The highest BCUT2D eigenvalue weighted by molar-refractivity contribution is 6.30. The van der Waals surface area contributed by atoms with Gasteiger partial charge in [-0.25, -0.2) is 24.0 Å². The van der Waals surface area contributed by atoms with Gasteiger partial charge in [-0.15, -0.1) is 0 Å². The zero-order valence-corrected chi connectivity index (χ0v) is 22.0. The van der Waals surface area contributed by atoms with Crippen LogP contribution in [0.4, 0.5) is 11.6 Å². The van der Waals surface area contributed by atoms with Crippen LogP contribution in [0, 0.1) is 0 Å². The molecule has 11 heteroatoms. The molecule has 38 heavy (non-hydrogen) atoms. The lowest BCUT2D eigenvalue weighted by Crippen LogP contribution is -2.47. The first-order chi connectivity index (χ1) is 18.5. The van der Waals surface area contributed by atoms with E-state index in [0.717, 1.165) is 43.6 Å². The fourth-order valence-corrected chi connectivity index (χ4v) is 4.66. The first-order valence-corrected chi connectivity index (χ1v) is 12.8. The number of hydrogen-bond acceptors (Lipinski definition) is 8. The number of hydrogen-bond donors (Lipinski definition) is 0. The number of anilines is 2. The second-order valence-electron chi connectivity index (χ2n) is 8.93. The Morgan fingerprint density at radius 3 is 2.11 bits per heavy atom. The number of nitrogens with zero attached hydrogens (tertiary/aromatic N) is 7. The highest BCUT2D eigenvalue weighted by atomic mass is 35.5. The van der Waals surface area contributed by atoms with Crippen molar-refractivity contribution in [1.29, 1.82) is 0 Å². The van der Waals surface area contributed by atoms with E-state index in [1.807, 2.05) is 31.2 Å². The predicted molar refractivity (Wildman–Crippen MR) is 146 cm³/mol. The molecule has 4 aromatic rings. The molecule has 1 saturated heterocycles. The third-order valence-corrected chi connectivity index (χ3v) is 6.95. The van der Waals surface area contributed by atoms with Gasteiger partial charge < -0.3 is 14.5 Å². The van der Waals surface area contributed by atoms with Crippen LogP contribution in [0.5, 0.6) is 5.75 Å². The van der Waals surface area contributed by atoms with Crippen LogP contribution in [0.1, 0.15) is 29.7 Å². The van der Waals surface area contributed by atoms with E-state index >= 15 is 0 Å². The minimum atomic E-state index is -0.714. The summed E-state index contributed by atoms with van der Waals surface area (Å²) in [5.41, 5.74) is 0.672. The summed E-state index contributed by atoms with van der Waals surface area (Å²) in [5, 5.41) is 4.79. The number of methoxy groups -OCH3 is 1. The molecule has 0 N–H and O–H groups in total. The predicted octanol–water partition coefficient (Wildman–Crippen LogP) is 3.65. The van der Waals surface area contributed by atoms with Gasteiger partial charge in [0, 0.05) is 36.8 Å². The number of ether oxygens (including phenoxy) is 1. The summed E-state index contributed by atoms with van der Waals surface area (Å²) in [5.74, 6) is 2.31. The van der Waals surface area contributed by atoms with Crippen molar-refractivity contribution < 1.29 is 9.53 Å². The molecule has 10 nitrogen and oxygen atoms in total. The van der Waals surface area contributed by atoms with E-state index in [-0.39, 0.29) is 5.78 Å². The van der Waals surface area contributed by atoms with Crippen molar-refractivity contribution in [2.75, 3.05) is 43.1 Å². The fraction of sp³-hybridized carbons (Fsp3) is 0.296. The number of rotatable bonds is 8. The molecule has 0 amide bonds. The van der Waals surface area contributed by atoms with Crippen LogP contribution in [0.2, 0.25) is 5.02 Å². The minimum Gasteiger partial charge on any atom is -0.495 e. The van der Waals surface area contributed by atoms with Gasteiger partial charge >= 0.3 is 5.69 Å². The van der Waals surface area contributed by atoms with Crippen molar-refractivity contribution in [3.8, 4) is 11.4 Å². The van der Waals surface area contributed by atoms with Gasteiger partial charge in [0.15, 0.2) is 5.78 Å². The Labute approximate surface area is 225 Å². The summed E-state index contributed by atoms with van der Waals surface area (Å²) in [6.45, 7) is 5.07. The molecule has 196 valence electrons. The normalized spacial score (nSPS) is 14.4. The smallest absolute Gasteiger partial charge is 0.351 e. The lowest BCUT2D eigenvalue weighted by molar-refractivity contribution is 0.0911. The average molecular weight is 534 g/mol. The number of halogens is 1. The van der Waals surface area contributed by atoms with E-state index < -0.39 is 11.7 Å². The Morgan fingerprint density at radius 1 is 0.947 bits per heavy atom. The largest absolute Gasteiger partial charge is 0.495 e. The van der Waals surface area contributed by atoms with Crippen LogP contribution < -0.4 is 20.2 Å². The van der Waals surface area contributed by atoms with Gasteiger partial charge in [-0.1, -0.05) is 18.5 Å². The Bertz CT molecular complexity index is 1440. The van der Waals surface area contributed by atoms with Gasteiger partial charge in [0.05, 0.1) is 25.2 Å². The van der Waals surface area contributed by atoms with Crippen molar-refractivity contribution in [3.05, 3.63) is 88.3 Å². The number of ketones is 1. The molecule has 1 aliphatic rings. The van der Waals surface area contributed by atoms with Crippen LogP contribution in [-0.2, 0) is 0 Å². The van der Waals surface area contributed by atoms with Crippen molar-refractivity contribution in [1.82, 2.24) is 24.3 Å². The van der Waals surface area contributed by atoms with Crippen LogP contribution in [0.25, 0.3) is 5.69 Å². The second-order valence-corrected chi connectivity index (χ2v) is 9.36. The minimum absolute atomic E-state index is 0.186. The summed E-state index contributed by atoms with van der Waals surface area (Å²) in [4.78, 5) is 39.8. The van der Waals surface area contributed by atoms with Gasteiger partial charge in [-0.2, -0.15) is 5.10 Å². The van der Waals surface area contributed by atoms with Gasteiger partial charge in [0.25, 0.3) is 0 Å². The molecule has 0 spiro atoms. The Balaban J connectivity index is 1.27. The number of piperazine rings is 1. The third-order valence-electron chi connectivity index (χ3n) is 6.70. The van der Waals surface area contributed by atoms with E-state index in [0.29, 0.717) is 22.7 Å². The molecule has 0 saturated carbocycles. The molecule has 1 unspecified atom stereocenters. The van der Waals surface area contributed by atoms with Crippen LogP contribution in [-0.4, -0.2) is 63.4 Å². The number of Topliss-reactive ketones (excluding diaryl/α,β-unsaturated/α-hetero) is 1. The standard InChI is InChI=1S/C27H28ClN7O3/c1-3-23(26(36)19-4-6-20(28)7-5-19)35-27(37)34(18-31-35)21-8-10-24(29-16-21)32-12-14-33(15-13-32)25-11-9-22(38-2)17-30-25/h4-11,16-18,23H,3,12-15H2,1-2H3. The third kappa shape index (κ3) is 5.12. The first-order valence-electron chi connectivity index (χ1n) is 12.4. The van der Waals surface area contributed by atoms with Crippen molar-refractivity contribution >= 4 is 29.0 Å². The molecule has 5 rings (SSSR count). The van der Waals surface area contributed by atoms with Gasteiger partial charge in [-0.3, -0.25) is 4.79 Å². The highest BCUT2D eigenvalue weighted by Crippen LogP contribution is 2.21. The van der Waals surface area contributed by atoms with E-state index in [2.05, 4.69) is 24.9 Å². The van der Waals surface area contributed by atoms with Crippen molar-refractivity contribution in [2.45, 2.75) is 19.4 Å². The maximum Gasteiger partial charge on any atom is 0.351 e. The van der Waals surface area contributed by atoms with E-state index in [1.165, 1.54) is 15.6 Å². The average Bonchev–Trinajstić information content (AvgIpc) is 3.34. The summed E-state index contributed by atoms with van der Waals surface area (Å²) in [6, 6.07) is 13.5. The molecule has 0 aliphatic carbocycles. The number of carbonyl (C=O) groups excluding carboxylic acids is 1. The molecular formula is C27H28ClN7O3. The Hall–Kier alpha value is -4.18. The maximum absolute atomic E-state index is 13.2. The van der Waals surface area contributed by atoms with Gasteiger partial charge in [-0.05, 0) is 55.0 Å². The molecule has 1 aliphatic heterocycles. The van der Waals surface area contributed by atoms with Crippen LogP contribution in [0.15, 0.2) is 72.0 Å². The first kappa shape index (κ1) is 25.5. The van der Waals surface area contributed by atoms with Crippen LogP contribution in [0.3, 0.4) is 0 Å². The van der Waals surface area contributed by atoms with E-state index in [1.54, 1.807) is 43.8 Å². The molecule has 1 fully saturated rings. The number of carbonyl (C=O) groups is 1. The van der Waals surface area contributed by atoms with E-state index in [9.17, 15) is 9.59 Å². The summed E-state index contributed by atoms with van der Waals surface area (Å²) >= 11 is 5.95. The number of benzene rings is 1. The molecule has 0 radical (unpaired) electrons. The zero-order chi connectivity index (χ0) is 26.6. The quantitative estimate of drug-likeness (QED) is 0.317. The SMILES string of the molecule is CCC(C(=O)c1ccc(Cl)cc1)n1ncn(-c2ccc(N3CCN(c4ccc(OC)cn4)CC3)nc2)c1=O. The van der Waals surface area contributed by atoms with Gasteiger partial charge in [0.2, 0.25) is 0 Å². The van der Waals surface area contributed by atoms with Crippen LogP contribution >= 0.6 is 11.6 Å². The zero-order valence-electron chi connectivity index (χ0n) is 21.2. The van der Waals surface area contributed by atoms with Gasteiger partial charge in [0.1, 0.15) is 29.8 Å². The summed E-state index contributed by atoms with van der Waals surface area (Å²) in [6.07, 6.45) is 5.23. The molecule has 3 aromatic heterocycles. The second kappa shape index (κ2) is 11.1. The molecule has 4 heterocycles. The number of pyridine rings is 2. The topological polar surface area (TPSA) is 98.4 Å². The highest BCUT2D eigenvalue weighted by Gasteiger charge is 2.25.